The Morgan fingerprint density at radius 1 is 1.31 bits per heavy atom. The number of oxime groups is 1. The van der Waals surface area contributed by atoms with Crippen LogP contribution in [-0.2, 0) is 0 Å². The predicted octanol–water partition coefficient (Wildman–Crippen LogP) is 1.83. The largest absolute Gasteiger partial charge is 0.494 e. The van der Waals surface area contributed by atoms with E-state index in [1.54, 1.807) is 0 Å². The highest BCUT2D eigenvalue weighted by Gasteiger charge is 1.95. The zero-order valence-corrected chi connectivity index (χ0v) is 9.76. The minimum Gasteiger partial charge on any atom is -0.494 e. The smallest absolute Gasteiger partial charge is 0.119 e. The molecular weight excluding hydrogens is 204 g/mol. The third kappa shape index (κ3) is 4.79. The summed E-state index contributed by atoms with van der Waals surface area (Å²) in [5.74, 6) is 0.842. The van der Waals surface area contributed by atoms with Crippen molar-refractivity contribution in [3.05, 3.63) is 29.8 Å². The van der Waals surface area contributed by atoms with Gasteiger partial charge in [-0.3, -0.25) is 0 Å². The van der Waals surface area contributed by atoms with Crippen molar-refractivity contribution >= 4 is 6.21 Å². The Balaban J connectivity index is 2.32. The maximum Gasteiger partial charge on any atom is 0.119 e. The monoisotopic (exact) mass is 222 g/mol. The van der Waals surface area contributed by atoms with E-state index in [1.807, 2.05) is 38.4 Å². The van der Waals surface area contributed by atoms with Crippen LogP contribution in [0.4, 0.5) is 0 Å². The van der Waals surface area contributed by atoms with Gasteiger partial charge >= 0.3 is 0 Å². The van der Waals surface area contributed by atoms with Crippen molar-refractivity contribution in [3.63, 3.8) is 0 Å². The van der Waals surface area contributed by atoms with Crippen LogP contribution in [0.2, 0.25) is 0 Å². The van der Waals surface area contributed by atoms with E-state index in [0.29, 0.717) is 6.61 Å². The van der Waals surface area contributed by atoms with Crippen LogP contribution >= 0.6 is 0 Å². The Morgan fingerprint density at radius 3 is 2.56 bits per heavy atom. The zero-order chi connectivity index (χ0) is 11.8. The molecule has 0 atom stereocenters. The SMILES string of the molecule is CN(C)CCCOc1ccc(C=NO)cc1. The van der Waals surface area contributed by atoms with E-state index in [0.717, 1.165) is 24.3 Å². The summed E-state index contributed by atoms with van der Waals surface area (Å²) in [6, 6.07) is 7.43. The van der Waals surface area contributed by atoms with Gasteiger partial charge in [-0.05, 0) is 50.3 Å². The van der Waals surface area contributed by atoms with Gasteiger partial charge in [-0.2, -0.15) is 0 Å². The van der Waals surface area contributed by atoms with Crippen molar-refractivity contribution in [1.29, 1.82) is 0 Å². The van der Waals surface area contributed by atoms with Crippen molar-refractivity contribution < 1.29 is 9.94 Å². The van der Waals surface area contributed by atoms with Crippen LogP contribution in [0.5, 0.6) is 5.75 Å². The Morgan fingerprint density at radius 2 is 2.00 bits per heavy atom. The summed E-state index contributed by atoms with van der Waals surface area (Å²) in [6.07, 6.45) is 2.39. The Hall–Kier alpha value is -1.55. The lowest BCUT2D eigenvalue weighted by atomic mass is 10.2. The molecule has 1 aromatic carbocycles. The van der Waals surface area contributed by atoms with Crippen LogP contribution in [-0.4, -0.2) is 43.6 Å². The van der Waals surface area contributed by atoms with Crippen molar-refractivity contribution in [2.45, 2.75) is 6.42 Å². The van der Waals surface area contributed by atoms with Gasteiger partial charge in [-0.15, -0.1) is 0 Å². The first kappa shape index (κ1) is 12.5. The molecule has 0 saturated carbocycles. The minimum atomic E-state index is 0.714. The second-order valence-corrected chi connectivity index (χ2v) is 3.82. The Labute approximate surface area is 96.1 Å². The van der Waals surface area contributed by atoms with Gasteiger partial charge < -0.3 is 14.8 Å². The number of benzene rings is 1. The molecule has 0 saturated heterocycles. The average molecular weight is 222 g/mol. The van der Waals surface area contributed by atoms with Crippen LogP contribution in [0.1, 0.15) is 12.0 Å². The fourth-order valence-corrected chi connectivity index (χ4v) is 1.29. The summed E-state index contributed by atoms with van der Waals surface area (Å²) in [7, 11) is 4.09. The summed E-state index contributed by atoms with van der Waals surface area (Å²) >= 11 is 0. The van der Waals surface area contributed by atoms with E-state index >= 15 is 0 Å². The van der Waals surface area contributed by atoms with Crippen molar-refractivity contribution in [2.24, 2.45) is 5.16 Å². The molecule has 1 aromatic rings. The third-order valence-corrected chi connectivity index (χ3v) is 2.11. The van der Waals surface area contributed by atoms with Crippen LogP contribution in [0.15, 0.2) is 29.4 Å². The molecule has 0 aromatic heterocycles. The molecular formula is C12H18N2O2. The third-order valence-electron chi connectivity index (χ3n) is 2.11. The molecule has 16 heavy (non-hydrogen) atoms. The molecule has 1 N–H and O–H groups in total. The van der Waals surface area contributed by atoms with Gasteiger partial charge in [0.2, 0.25) is 0 Å². The molecule has 1 rings (SSSR count). The van der Waals surface area contributed by atoms with Crippen molar-refractivity contribution in [1.82, 2.24) is 4.90 Å². The predicted molar refractivity (Wildman–Crippen MR) is 64.5 cm³/mol. The number of nitrogens with zero attached hydrogens (tertiary/aromatic N) is 2. The van der Waals surface area contributed by atoms with Gasteiger partial charge in [0.05, 0.1) is 12.8 Å². The van der Waals surface area contributed by atoms with Gasteiger partial charge in [-0.25, -0.2) is 0 Å². The van der Waals surface area contributed by atoms with Crippen molar-refractivity contribution in [2.75, 3.05) is 27.2 Å². The topological polar surface area (TPSA) is 45.1 Å². The summed E-state index contributed by atoms with van der Waals surface area (Å²) in [6.45, 7) is 1.74. The molecule has 4 nitrogen and oxygen atoms in total. The second kappa shape index (κ2) is 6.85. The van der Waals surface area contributed by atoms with Gasteiger partial charge in [0.15, 0.2) is 0 Å². The summed E-state index contributed by atoms with van der Waals surface area (Å²) in [4.78, 5) is 2.13. The van der Waals surface area contributed by atoms with Crippen LogP contribution < -0.4 is 4.74 Å². The number of rotatable bonds is 6. The number of hydrogen-bond acceptors (Lipinski definition) is 4. The molecule has 0 aliphatic carbocycles. The van der Waals surface area contributed by atoms with E-state index < -0.39 is 0 Å². The molecule has 0 fully saturated rings. The lowest BCUT2D eigenvalue weighted by molar-refractivity contribution is 0.281. The van der Waals surface area contributed by atoms with E-state index in [-0.39, 0.29) is 0 Å². The Kier molecular flexibility index (Phi) is 5.36. The average Bonchev–Trinajstić information content (AvgIpc) is 2.27. The molecule has 0 unspecified atom stereocenters. The van der Waals surface area contributed by atoms with Crippen molar-refractivity contribution in [3.8, 4) is 5.75 Å². The molecule has 0 bridgehead atoms. The lowest BCUT2D eigenvalue weighted by Crippen LogP contribution is -2.15. The number of hydrogen-bond donors (Lipinski definition) is 1. The first-order valence-corrected chi connectivity index (χ1v) is 5.27. The van der Waals surface area contributed by atoms with E-state index in [2.05, 4.69) is 10.1 Å². The molecule has 0 aliphatic rings. The van der Waals surface area contributed by atoms with Crippen LogP contribution in [0.3, 0.4) is 0 Å². The maximum absolute atomic E-state index is 8.35. The minimum absolute atomic E-state index is 0.714. The first-order chi connectivity index (χ1) is 7.72. The molecule has 4 heteroatoms. The summed E-state index contributed by atoms with van der Waals surface area (Å²) < 4.78 is 5.56. The first-order valence-electron chi connectivity index (χ1n) is 5.27. The highest BCUT2D eigenvalue weighted by Crippen LogP contribution is 2.11. The fourth-order valence-electron chi connectivity index (χ4n) is 1.29. The quantitative estimate of drug-likeness (QED) is 0.345. The lowest BCUT2D eigenvalue weighted by Gasteiger charge is -2.10. The molecule has 0 radical (unpaired) electrons. The standard InChI is InChI=1S/C12H18N2O2/c1-14(2)8-3-9-16-12-6-4-11(5-7-12)10-13-15/h4-7,10,15H,3,8-9H2,1-2H3. The normalized spacial score (nSPS) is 11.2. The molecule has 0 amide bonds. The van der Waals surface area contributed by atoms with Crippen LogP contribution in [0.25, 0.3) is 0 Å². The second-order valence-electron chi connectivity index (χ2n) is 3.82. The van der Waals surface area contributed by atoms with Gasteiger partial charge in [0.1, 0.15) is 5.75 Å². The molecule has 0 aliphatic heterocycles. The molecule has 0 heterocycles. The van der Waals surface area contributed by atoms with E-state index in [4.69, 9.17) is 9.94 Å². The summed E-state index contributed by atoms with van der Waals surface area (Å²) in [5, 5.41) is 11.3. The highest BCUT2D eigenvalue weighted by atomic mass is 16.5. The number of ether oxygens (including phenoxy) is 1. The highest BCUT2D eigenvalue weighted by molar-refractivity contribution is 5.79. The van der Waals surface area contributed by atoms with Crippen LogP contribution in [0, 0.1) is 0 Å². The molecule has 0 spiro atoms. The van der Waals surface area contributed by atoms with E-state index in [9.17, 15) is 0 Å². The van der Waals surface area contributed by atoms with Gasteiger partial charge in [0, 0.05) is 6.54 Å². The van der Waals surface area contributed by atoms with E-state index in [1.165, 1.54) is 6.21 Å². The molecule has 88 valence electrons. The summed E-state index contributed by atoms with van der Waals surface area (Å²) in [5.41, 5.74) is 0.850. The van der Waals surface area contributed by atoms with Gasteiger partial charge in [0.25, 0.3) is 0 Å². The maximum atomic E-state index is 8.35. The van der Waals surface area contributed by atoms with Gasteiger partial charge in [-0.1, -0.05) is 5.16 Å². The Bertz CT molecular complexity index is 320. The fraction of sp³-hybridized carbons (Fsp3) is 0.417. The zero-order valence-electron chi connectivity index (χ0n) is 9.76.